The summed E-state index contributed by atoms with van der Waals surface area (Å²) >= 11 is 0. The third-order valence-corrected chi connectivity index (χ3v) is 5.49. The lowest BCUT2D eigenvalue weighted by molar-refractivity contribution is 0.245. The van der Waals surface area contributed by atoms with E-state index in [0.717, 1.165) is 38.3 Å². The Labute approximate surface area is 142 Å². The van der Waals surface area contributed by atoms with Gasteiger partial charge in [-0.25, -0.2) is 18.1 Å². The van der Waals surface area contributed by atoms with E-state index in [1.54, 1.807) is 37.5 Å². The van der Waals surface area contributed by atoms with Gasteiger partial charge in [-0.3, -0.25) is 4.90 Å². The van der Waals surface area contributed by atoms with Gasteiger partial charge in [0.05, 0.1) is 4.90 Å². The van der Waals surface area contributed by atoms with Crippen molar-refractivity contribution in [3.63, 3.8) is 0 Å². The summed E-state index contributed by atoms with van der Waals surface area (Å²) in [6, 6.07) is 6.66. The van der Waals surface area contributed by atoms with Crippen molar-refractivity contribution in [3.8, 4) is 11.3 Å². The number of hydrogen-bond acceptors (Lipinski definition) is 6. The largest absolute Gasteiger partial charge is 0.449 e. The van der Waals surface area contributed by atoms with Crippen molar-refractivity contribution in [1.82, 2.24) is 19.9 Å². The van der Waals surface area contributed by atoms with Gasteiger partial charge in [0.15, 0.2) is 5.89 Å². The quantitative estimate of drug-likeness (QED) is 0.803. The summed E-state index contributed by atoms with van der Waals surface area (Å²) < 4.78 is 32.5. The fourth-order valence-corrected chi connectivity index (χ4v) is 3.68. The molecule has 1 aliphatic heterocycles. The highest BCUT2D eigenvalue weighted by Gasteiger charge is 2.15. The number of hydrogen-bond donors (Lipinski definition) is 2. The molecule has 0 unspecified atom stereocenters. The number of nitrogens with one attached hydrogen (secondary N) is 2. The highest BCUT2D eigenvalue weighted by molar-refractivity contribution is 7.89. The van der Waals surface area contributed by atoms with Crippen LogP contribution in [0.1, 0.15) is 5.89 Å². The first kappa shape index (κ1) is 17.1. The number of sulfonamides is 1. The summed E-state index contributed by atoms with van der Waals surface area (Å²) in [6.07, 6.45) is 1.56. The fraction of sp³-hybridized carbons (Fsp3) is 0.438. The van der Waals surface area contributed by atoms with Crippen molar-refractivity contribution in [1.29, 1.82) is 0 Å². The van der Waals surface area contributed by atoms with Crippen molar-refractivity contribution in [2.75, 3.05) is 39.3 Å². The van der Waals surface area contributed by atoms with Crippen molar-refractivity contribution in [2.24, 2.45) is 0 Å². The topological polar surface area (TPSA) is 87.5 Å². The standard InChI is InChI=1S/C16H22N4O3S/c1-13-19-16(12-23-13)14-2-4-15(5-3-14)24(21,22)18-8-11-20-9-6-17-7-10-20/h2-5,12,17-18H,6-11H2,1H3. The number of benzene rings is 1. The van der Waals surface area contributed by atoms with E-state index in [9.17, 15) is 8.42 Å². The van der Waals surface area contributed by atoms with E-state index < -0.39 is 10.0 Å². The average molecular weight is 350 g/mol. The molecule has 0 aliphatic carbocycles. The molecule has 1 fully saturated rings. The predicted molar refractivity (Wildman–Crippen MR) is 91.2 cm³/mol. The van der Waals surface area contributed by atoms with Gasteiger partial charge in [-0.1, -0.05) is 12.1 Å². The summed E-state index contributed by atoms with van der Waals surface area (Å²) in [5, 5.41) is 3.28. The number of aromatic nitrogens is 1. The smallest absolute Gasteiger partial charge is 0.240 e. The zero-order chi connectivity index (χ0) is 17.0. The van der Waals surface area contributed by atoms with E-state index in [2.05, 4.69) is 19.9 Å². The predicted octanol–water partition coefficient (Wildman–Crippen LogP) is 0.834. The van der Waals surface area contributed by atoms with Crippen LogP contribution in [0.25, 0.3) is 11.3 Å². The van der Waals surface area contributed by atoms with E-state index in [4.69, 9.17) is 4.42 Å². The monoisotopic (exact) mass is 350 g/mol. The Morgan fingerprint density at radius 2 is 1.96 bits per heavy atom. The molecule has 8 heteroatoms. The van der Waals surface area contributed by atoms with Gasteiger partial charge in [0.1, 0.15) is 12.0 Å². The maximum atomic E-state index is 12.3. The lowest BCUT2D eigenvalue weighted by Gasteiger charge is -2.27. The zero-order valence-electron chi connectivity index (χ0n) is 13.7. The van der Waals surface area contributed by atoms with Gasteiger partial charge in [0.2, 0.25) is 10.0 Å². The van der Waals surface area contributed by atoms with Crippen LogP contribution in [0.3, 0.4) is 0 Å². The lowest BCUT2D eigenvalue weighted by atomic mass is 10.2. The van der Waals surface area contributed by atoms with Crippen molar-refractivity contribution in [2.45, 2.75) is 11.8 Å². The average Bonchev–Trinajstić information content (AvgIpc) is 3.02. The third kappa shape index (κ3) is 4.21. The van der Waals surface area contributed by atoms with E-state index in [0.29, 0.717) is 18.1 Å². The molecule has 0 radical (unpaired) electrons. The normalized spacial score (nSPS) is 16.4. The van der Waals surface area contributed by atoms with Gasteiger partial charge < -0.3 is 9.73 Å². The second-order valence-corrected chi connectivity index (χ2v) is 7.53. The zero-order valence-corrected chi connectivity index (χ0v) is 14.5. The Balaban J connectivity index is 1.59. The number of rotatable bonds is 6. The molecule has 1 aromatic heterocycles. The highest BCUT2D eigenvalue weighted by Crippen LogP contribution is 2.20. The Kier molecular flexibility index (Phi) is 5.30. The summed E-state index contributed by atoms with van der Waals surface area (Å²) in [5.41, 5.74) is 1.52. The van der Waals surface area contributed by atoms with E-state index in [-0.39, 0.29) is 4.90 Å². The summed E-state index contributed by atoms with van der Waals surface area (Å²) in [4.78, 5) is 6.73. The van der Waals surface area contributed by atoms with Gasteiger partial charge in [-0.05, 0) is 12.1 Å². The van der Waals surface area contributed by atoms with Gasteiger partial charge in [-0.15, -0.1) is 0 Å². The first-order valence-corrected chi connectivity index (χ1v) is 9.48. The number of aryl methyl sites for hydroxylation is 1. The van der Waals surface area contributed by atoms with Crippen LogP contribution in [0.4, 0.5) is 0 Å². The lowest BCUT2D eigenvalue weighted by Crippen LogP contribution is -2.46. The molecule has 2 heterocycles. The molecule has 3 rings (SSSR count). The van der Waals surface area contributed by atoms with E-state index >= 15 is 0 Å². The Morgan fingerprint density at radius 3 is 2.58 bits per heavy atom. The van der Waals surface area contributed by atoms with Crippen LogP contribution in [-0.4, -0.2) is 57.6 Å². The molecule has 0 bridgehead atoms. The van der Waals surface area contributed by atoms with Crippen LogP contribution in [0.2, 0.25) is 0 Å². The van der Waals surface area contributed by atoms with Crippen LogP contribution >= 0.6 is 0 Å². The molecule has 0 spiro atoms. The summed E-state index contributed by atoms with van der Waals surface area (Å²) in [5.74, 6) is 0.580. The number of piperazine rings is 1. The molecule has 0 amide bonds. The molecule has 1 saturated heterocycles. The number of nitrogens with zero attached hydrogens (tertiary/aromatic N) is 2. The molecule has 7 nitrogen and oxygen atoms in total. The molecule has 0 atom stereocenters. The van der Waals surface area contributed by atoms with Gasteiger partial charge in [-0.2, -0.15) is 0 Å². The van der Waals surface area contributed by atoms with Crippen molar-refractivity contribution >= 4 is 10.0 Å². The molecule has 2 aromatic rings. The van der Waals surface area contributed by atoms with Crippen molar-refractivity contribution in [3.05, 3.63) is 36.4 Å². The molecule has 130 valence electrons. The fourth-order valence-electron chi connectivity index (χ4n) is 2.66. The summed E-state index contributed by atoms with van der Waals surface area (Å²) in [7, 11) is -3.49. The SMILES string of the molecule is Cc1nc(-c2ccc(S(=O)(=O)NCCN3CCNCC3)cc2)co1. The third-order valence-electron chi connectivity index (χ3n) is 4.01. The minimum Gasteiger partial charge on any atom is -0.449 e. The van der Waals surface area contributed by atoms with Gasteiger partial charge >= 0.3 is 0 Å². The van der Waals surface area contributed by atoms with E-state index in [1.807, 2.05) is 0 Å². The minimum atomic E-state index is -3.49. The van der Waals surface area contributed by atoms with Gasteiger partial charge in [0.25, 0.3) is 0 Å². The molecular weight excluding hydrogens is 328 g/mol. The minimum absolute atomic E-state index is 0.256. The molecule has 0 saturated carbocycles. The van der Waals surface area contributed by atoms with E-state index in [1.165, 1.54) is 0 Å². The highest BCUT2D eigenvalue weighted by atomic mass is 32.2. The maximum Gasteiger partial charge on any atom is 0.240 e. The first-order valence-electron chi connectivity index (χ1n) is 8.00. The van der Waals surface area contributed by atoms with Crippen LogP contribution in [0.5, 0.6) is 0 Å². The van der Waals surface area contributed by atoms with Crippen LogP contribution < -0.4 is 10.0 Å². The Hall–Kier alpha value is -1.74. The molecular formula is C16H22N4O3S. The Bertz CT molecular complexity index is 765. The maximum absolute atomic E-state index is 12.3. The molecule has 24 heavy (non-hydrogen) atoms. The molecule has 1 aliphatic rings. The molecule has 1 aromatic carbocycles. The van der Waals surface area contributed by atoms with Crippen molar-refractivity contribution < 1.29 is 12.8 Å². The summed E-state index contributed by atoms with van der Waals surface area (Å²) in [6.45, 7) is 6.71. The number of oxazole rings is 1. The molecule has 2 N–H and O–H groups in total. The van der Waals surface area contributed by atoms with Crippen LogP contribution in [0, 0.1) is 6.92 Å². The van der Waals surface area contributed by atoms with Crippen LogP contribution in [0.15, 0.2) is 39.8 Å². The van der Waals surface area contributed by atoms with Gasteiger partial charge in [0, 0.05) is 51.8 Å². The van der Waals surface area contributed by atoms with Crippen LogP contribution in [-0.2, 0) is 10.0 Å². The Morgan fingerprint density at radius 1 is 1.25 bits per heavy atom. The second-order valence-electron chi connectivity index (χ2n) is 5.77. The second kappa shape index (κ2) is 7.43. The first-order chi connectivity index (χ1) is 11.5.